The predicted octanol–water partition coefficient (Wildman–Crippen LogP) is 1.86. The highest BCUT2D eigenvalue weighted by Crippen LogP contribution is 2.25. The maximum atomic E-state index is 14.6. The Morgan fingerprint density at radius 3 is 2.92 bits per heavy atom. The number of carbonyl (C=O) groups is 1. The van der Waals surface area contributed by atoms with Crippen LogP contribution in [0.2, 0.25) is 0 Å². The molecule has 0 saturated carbocycles. The number of nitrogens with zero attached hydrogens (tertiary/aromatic N) is 4. The molecule has 0 bridgehead atoms. The molecule has 0 radical (unpaired) electrons. The highest BCUT2D eigenvalue weighted by Gasteiger charge is 2.22. The number of carboxylic acid groups (broad SMARTS) is 1. The SMILES string of the molecule is O=C(O)c1cn(-c2nccs2)c2nc(N3CCCOC3)c(F)cc2c1=O. The Hall–Kier alpha value is -2.85. The van der Waals surface area contributed by atoms with Gasteiger partial charge >= 0.3 is 5.97 Å². The zero-order valence-electron chi connectivity index (χ0n) is 13.4. The Morgan fingerprint density at radius 2 is 2.27 bits per heavy atom. The lowest BCUT2D eigenvalue weighted by atomic mass is 10.2. The third kappa shape index (κ3) is 2.72. The van der Waals surface area contributed by atoms with Gasteiger partial charge in [-0.3, -0.25) is 9.36 Å². The normalized spacial score (nSPS) is 14.7. The minimum atomic E-state index is -1.39. The summed E-state index contributed by atoms with van der Waals surface area (Å²) in [6, 6.07) is 1.03. The molecular formula is C16H13FN4O4S. The molecule has 134 valence electrons. The molecule has 0 spiro atoms. The first-order valence-corrected chi connectivity index (χ1v) is 8.66. The molecule has 8 nitrogen and oxygen atoms in total. The smallest absolute Gasteiger partial charge is 0.341 e. The van der Waals surface area contributed by atoms with Gasteiger partial charge in [0, 0.05) is 24.3 Å². The Bertz CT molecular complexity index is 1040. The molecule has 1 saturated heterocycles. The Balaban J connectivity index is 2.02. The van der Waals surface area contributed by atoms with Crippen molar-refractivity contribution in [3.8, 4) is 5.13 Å². The summed E-state index contributed by atoms with van der Waals surface area (Å²) < 4.78 is 21.4. The fraction of sp³-hybridized carbons (Fsp3) is 0.250. The number of halogens is 1. The maximum Gasteiger partial charge on any atom is 0.341 e. The number of fused-ring (bicyclic) bond motifs is 1. The second-order valence-electron chi connectivity index (χ2n) is 5.68. The van der Waals surface area contributed by atoms with Crippen molar-refractivity contribution in [3.63, 3.8) is 0 Å². The van der Waals surface area contributed by atoms with Gasteiger partial charge in [0.15, 0.2) is 22.4 Å². The van der Waals surface area contributed by atoms with E-state index in [9.17, 15) is 19.1 Å². The summed E-state index contributed by atoms with van der Waals surface area (Å²) >= 11 is 1.25. The van der Waals surface area contributed by atoms with Crippen LogP contribution in [-0.4, -0.2) is 45.5 Å². The van der Waals surface area contributed by atoms with Crippen LogP contribution in [0.15, 0.2) is 28.6 Å². The van der Waals surface area contributed by atoms with E-state index in [4.69, 9.17) is 4.74 Å². The number of anilines is 1. The zero-order chi connectivity index (χ0) is 18.3. The van der Waals surface area contributed by atoms with Gasteiger partial charge in [-0.25, -0.2) is 19.2 Å². The van der Waals surface area contributed by atoms with Crippen molar-refractivity contribution in [2.24, 2.45) is 0 Å². The number of hydrogen-bond acceptors (Lipinski definition) is 7. The highest BCUT2D eigenvalue weighted by molar-refractivity contribution is 7.12. The molecule has 4 rings (SSSR count). The van der Waals surface area contributed by atoms with Crippen molar-refractivity contribution in [3.05, 3.63) is 45.4 Å². The van der Waals surface area contributed by atoms with Crippen LogP contribution in [0.1, 0.15) is 16.8 Å². The molecule has 3 aromatic heterocycles. The van der Waals surface area contributed by atoms with Gasteiger partial charge in [0.25, 0.3) is 0 Å². The molecule has 10 heteroatoms. The second kappa shape index (κ2) is 6.46. The molecule has 1 aliphatic rings. The maximum absolute atomic E-state index is 14.6. The van der Waals surface area contributed by atoms with E-state index in [1.807, 2.05) is 0 Å². The van der Waals surface area contributed by atoms with E-state index in [0.29, 0.717) is 18.3 Å². The van der Waals surface area contributed by atoms with Crippen molar-refractivity contribution in [2.75, 3.05) is 24.8 Å². The predicted molar refractivity (Wildman–Crippen MR) is 92.7 cm³/mol. The van der Waals surface area contributed by atoms with Crippen LogP contribution in [0, 0.1) is 5.82 Å². The van der Waals surface area contributed by atoms with Gasteiger partial charge in [-0.1, -0.05) is 0 Å². The van der Waals surface area contributed by atoms with Crippen LogP contribution in [0.5, 0.6) is 0 Å². The van der Waals surface area contributed by atoms with Gasteiger partial charge in [0.2, 0.25) is 5.43 Å². The van der Waals surface area contributed by atoms with Gasteiger partial charge < -0.3 is 14.7 Å². The summed E-state index contributed by atoms with van der Waals surface area (Å²) in [7, 11) is 0. The third-order valence-corrected chi connectivity index (χ3v) is 4.80. The van der Waals surface area contributed by atoms with Crippen molar-refractivity contribution in [1.82, 2.24) is 14.5 Å². The molecule has 0 unspecified atom stereocenters. The van der Waals surface area contributed by atoms with Crippen LogP contribution in [0.4, 0.5) is 10.2 Å². The molecular weight excluding hydrogens is 363 g/mol. The molecule has 0 atom stereocenters. The van der Waals surface area contributed by atoms with Crippen LogP contribution in [0.25, 0.3) is 16.2 Å². The summed E-state index contributed by atoms with van der Waals surface area (Å²) in [5, 5.41) is 11.3. The Kier molecular flexibility index (Phi) is 4.13. The molecule has 4 heterocycles. The van der Waals surface area contributed by atoms with Crippen LogP contribution >= 0.6 is 11.3 Å². The fourth-order valence-corrected chi connectivity index (χ4v) is 3.45. The van der Waals surface area contributed by atoms with E-state index in [1.165, 1.54) is 22.1 Å². The van der Waals surface area contributed by atoms with E-state index in [2.05, 4.69) is 9.97 Å². The number of aromatic carboxylic acids is 1. The Morgan fingerprint density at radius 1 is 1.42 bits per heavy atom. The largest absolute Gasteiger partial charge is 0.477 e. The third-order valence-electron chi connectivity index (χ3n) is 4.03. The van der Waals surface area contributed by atoms with Gasteiger partial charge in [-0.2, -0.15) is 0 Å². The van der Waals surface area contributed by atoms with E-state index >= 15 is 0 Å². The van der Waals surface area contributed by atoms with Crippen LogP contribution in [-0.2, 0) is 4.74 Å². The first-order chi connectivity index (χ1) is 12.6. The number of hydrogen-bond donors (Lipinski definition) is 1. The number of pyridine rings is 2. The average molecular weight is 376 g/mol. The van der Waals surface area contributed by atoms with E-state index < -0.39 is 22.8 Å². The topological polar surface area (TPSA) is 97.5 Å². The standard InChI is InChI=1S/C16H13FN4O4S/c17-11-6-9-12(22)10(15(23)24)7-21(16-18-2-5-26-16)13(9)19-14(11)20-3-1-4-25-8-20/h2,5-7H,1,3-4,8H2,(H,23,24). The first kappa shape index (κ1) is 16.6. The van der Waals surface area contributed by atoms with E-state index in [-0.39, 0.29) is 23.6 Å². The fourth-order valence-electron chi connectivity index (χ4n) is 2.83. The van der Waals surface area contributed by atoms with Crippen molar-refractivity contribution in [1.29, 1.82) is 0 Å². The molecule has 1 aliphatic heterocycles. The minimum Gasteiger partial charge on any atom is -0.477 e. The van der Waals surface area contributed by atoms with Gasteiger partial charge in [-0.15, -0.1) is 11.3 Å². The van der Waals surface area contributed by atoms with E-state index in [0.717, 1.165) is 12.5 Å². The quantitative estimate of drug-likeness (QED) is 0.745. The molecule has 3 aromatic rings. The van der Waals surface area contributed by atoms with Gasteiger partial charge in [0.1, 0.15) is 12.3 Å². The molecule has 0 aliphatic carbocycles. The first-order valence-electron chi connectivity index (χ1n) is 7.78. The highest BCUT2D eigenvalue weighted by atomic mass is 32.1. The monoisotopic (exact) mass is 376 g/mol. The van der Waals surface area contributed by atoms with Gasteiger partial charge in [0.05, 0.1) is 12.0 Å². The lowest BCUT2D eigenvalue weighted by molar-refractivity contribution is 0.0695. The minimum absolute atomic E-state index is 0.0602. The second-order valence-corrected chi connectivity index (χ2v) is 6.55. The van der Waals surface area contributed by atoms with Crippen molar-refractivity contribution >= 4 is 34.2 Å². The van der Waals surface area contributed by atoms with Crippen LogP contribution < -0.4 is 10.3 Å². The average Bonchev–Trinajstić information content (AvgIpc) is 3.17. The molecule has 1 fully saturated rings. The molecule has 0 amide bonds. The summed E-state index contributed by atoms with van der Waals surface area (Å²) in [5.41, 5.74) is -1.10. The van der Waals surface area contributed by atoms with Crippen molar-refractivity contribution in [2.45, 2.75) is 6.42 Å². The Labute approximate surface area is 150 Å². The lowest BCUT2D eigenvalue weighted by Crippen LogP contribution is -2.34. The number of aromatic nitrogens is 3. The summed E-state index contributed by atoms with van der Waals surface area (Å²) in [5.74, 6) is -2.03. The van der Waals surface area contributed by atoms with Crippen LogP contribution in [0.3, 0.4) is 0 Å². The number of ether oxygens (including phenoxy) is 1. The number of carboxylic acids is 1. The van der Waals surface area contributed by atoms with Gasteiger partial charge in [-0.05, 0) is 12.5 Å². The van der Waals surface area contributed by atoms with Crippen molar-refractivity contribution < 1.29 is 19.0 Å². The number of rotatable bonds is 3. The summed E-state index contributed by atoms with van der Waals surface area (Å²) in [6.45, 7) is 1.37. The molecule has 0 aromatic carbocycles. The molecule has 26 heavy (non-hydrogen) atoms. The summed E-state index contributed by atoms with van der Waals surface area (Å²) in [6.07, 6.45) is 3.46. The zero-order valence-corrected chi connectivity index (χ0v) is 14.2. The lowest BCUT2D eigenvalue weighted by Gasteiger charge is -2.28. The van der Waals surface area contributed by atoms with E-state index in [1.54, 1.807) is 16.5 Å². The number of thiazole rings is 1. The summed E-state index contributed by atoms with van der Waals surface area (Å²) in [4.78, 5) is 34.0. The molecule has 1 N–H and O–H groups in total.